The van der Waals surface area contributed by atoms with Crippen molar-refractivity contribution in [2.45, 2.75) is 19.9 Å². The minimum atomic E-state index is -0.573. The number of hydrogen-bond donors (Lipinski definition) is 1. The molecule has 1 aromatic rings. The molecule has 0 spiro atoms. The summed E-state index contributed by atoms with van der Waals surface area (Å²) in [5.41, 5.74) is 1.55. The van der Waals surface area contributed by atoms with Crippen LogP contribution in [0.15, 0.2) is 30.3 Å². The van der Waals surface area contributed by atoms with Crippen molar-refractivity contribution in [3.05, 3.63) is 40.9 Å². The molecular formula is C17H21ClN2O3. The SMILES string of the molecule is C/C(=C\C(=O)N[C@H](C)C(=O)N1CCOCC1)c1ccccc1Cl. The van der Waals surface area contributed by atoms with Gasteiger partial charge < -0.3 is 15.0 Å². The maximum atomic E-state index is 12.3. The first-order chi connectivity index (χ1) is 11.0. The van der Waals surface area contributed by atoms with Crippen LogP contribution in [0.2, 0.25) is 5.02 Å². The van der Waals surface area contributed by atoms with Crippen LogP contribution in [-0.2, 0) is 14.3 Å². The summed E-state index contributed by atoms with van der Waals surface area (Å²) >= 11 is 6.12. The summed E-state index contributed by atoms with van der Waals surface area (Å²) in [5.74, 6) is -0.401. The van der Waals surface area contributed by atoms with Crippen molar-refractivity contribution < 1.29 is 14.3 Å². The molecule has 0 unspecified atom stereocenters. The number of carbonyl (C=O) groups excluding carboxylic acids is 2. The van der Waals surface area contributed by atoms with Crippen molar-refractivity contribution in [2.24, 2.45) is 0 Å². The monoisotopic (exact) mass is 336 g/mol. The summed E-state index contributed by atoms with van der Waals surface area (Å²) in [7, 11) is 0. The van der Waals surface area contributed by atoms with Crippen molar-refractivity contribution in [3.8, 4) is 0 Å². The fraction of sp³-hybridized carbons (Fsp3) is 0.412. The molecule has 23 heavy (non-hydrogen) atoms. The Balaban J connectivity index is 1.96. The second-order valence-corrected chi connectivity index (χ2v) is 5.88. The molecule has 1 fully saturated rings. The Kier molecular flexibility index (Phi) is 6.19. The third-order valence-corrected chi connectivity index (χ3v) is 4.03. The molecular weight excluding hydrogens is 316 g/mol. The molecule has 1 atom stereocenters. The van der Waals surface area contributed by atoms with Gasteiger partial charge in [0.05, 0.1) is 13.2 Å². The van der Waals surface area contributed by atoms with E-state index in [-0.39, 0.29) is 11.8 Å². The molecule has 124 valence electrons. The number of benzene rings is 1. The van der Waals surface area contributed by atoms with E-state index in [0.29, 0.717) is 31.3 Å². The Bertz CT molecular complexity index is 610. The highest BCUT2D eigenvalue weighted by atomic mass is 35.5. The van der Waals surface area contributed by atoms with Crippen molar-refractivity contribution in [1.29, 1.82) is 0 Å². The summed E-state index contributed by atoms with van der Waals surface area (Å²) < 4.78 is 5.22. The van der Waals surface area contributed by atoms with Gasteiger partial charge in [0.15, 0.2) is 0 Å². The summed E-state index contributed by atoms with van der Waals surface area (Å²) in [4.78, 5) is 26.1. The van der Waals surface area contributed by atoms with Crippen LogP contribution in [0.5, 0.6) is 0 Å². The molecule has 2 rings (SSSR count). The summed E-state index contributed by atoms with van der Waals surface area (Å²) in [5, 5.41) is 3.30. The molecule has 2 amide bonds. The van der Waals surface area contributed by atoms with Crippen LogP contribution in [-0.4, -0.2) is 49.1 Å². The number of carbonyl (C=O) groups is 2. The lowest BCUT2D eigenvalue weighted by atomic mass is 10.1. The fourth-order valence-electron chi connectivity index (χ4n) is 2.43. The number of allylic oxidation sites excluding steroid dienone is 1. The van der Waals surface area contributed by atoms with E-state index in [2.05, 4.69) is 5.32 Å². The van der Waals surface area contributed by atoms with Crippen LogP contribution in [0.3, 0.4) is 0 Å². The minimum Gasteiger partial charge on any atom is -0.378 e. The average molecular weight is 337 g/mol. The highest BCUT2D eigenvalue weighted by Crippen LogP contribution is 2.22. The third kappa shape index (κ3) is 4.81. The first kappa shape index (κ1) is 17.5. The number of halogens is 1. The molecule has 1 aliphatic heterocycles. The zero-order chi connectivity index (χ0) is 16.8. The Morgan fingerprint density at radius 1 is 1.30 bits per heavy atom. The normalized spacial score (nSPS) is 16.8. The van der Waals surface area contributed by atoms with Gasteiger partial charge in [0.25, 0.3) is 0 Å². The van der Waals surface area contributed by atoms with E-state index in [9.17, 15) is 9.59 Å². The second kappa shape index (κ2) is 8.13. The number of hydrogen-bond acceptors (Lipinski definition) is 3. The van der Waals surface area contributed by atoms with Crippen molar-refractivity contribution >= 4 is 29.0 Å². The minimum absolute atomic E-state index is 0.0922. The van der Waals surface area contributed by atoms with E-state index in [1.165, 1.54) is 6.08 Å². The van der Waals surface area contributed by atoms with Gasteiger partial charge in [-0.3, -0.25) is 9.59 Å². The second-order valence-electron chi connectivity index (χ2n) is 5.48. The van der Waals surface area contributed by atoms with Crippen molar-refractivity contribution in [3.63, 3.8) is 0 Å². The first-order valence-corrected chi connectivity index (χ1v) is 7.97. The Hall–Kier alpha value is -1.85. The fourth-order valence-corrected chi connectivity index (χ4v) is 2.71. The first-order valence-electron chi connectivity index (χ1n) is 7.59. The van der Waals surface area contributed by atoms with Gasteiger partial charge in [0, 0.05) is 24.2 Å². The zero-order valence-corrected chi connectivity index (χ0v) is 14.1. The van der Waals surface area contributed by atoms with E-state index < -0.39 is 6.04 Å². The number of morpholine rings is 1. The third-order valence-electron chi connectivity index (χ3n) is 3.70. The van der Waals surface area contributed by atoms with Gasteiger partial charge in [-0.1, -0.05) is 29.8 Å². The smallest absolute Gasteiger partial charge is 0.245 e. The lowest BCUT2D eigenvalue weighted by molar-refractivity contribution is -0.138. The molecule has 1 saturated heterocycles. The van der Waals surface area contributed by atoms with Gasteiger partial charge in [-0.15, -0.1) is 0 Å². The Morgan fingerprint density at radius 2 is 1.96 bits per heavy atom. The molecule has 0 radical (unpaired) electrons. The van der Waals surface area contributed by atoms with Crippen molar-refractivity contribution in [2.75, 3.05) is 26.3 Å². The van der Waals surface area contributed by atoms with Gasteiger partial charge in [0.2, 0.25) is 11.8 Å². The molecule has 0 bridgehead atoms. The standard InChI is InChI=1S/C17H21ClN2O3/c1-12(14-5-3-4-6-15(14)18)11-16(21)19-13(2)17(22)20-7-9-23-10-8-20/h3-6,11,13H,7-10H2,1-2H3,(H,19,21)/b12-11+/t13-/m1/s1. The maximum Gasteiger partial charge on any atom is 0.245 e. The van der Waals surface area contributed by atoms with Gasteiger partial charge in [0.1, 0.15) is 6.04 Å². The highest BCUT2D eigenvalue weighted by Gasteiger charge is 2.23. The van der Waals surface area contributed by atoms with E-state index in [4.69, 9.17) is 16.3 Å². The Labute approximate surface area is 141 Å². The number of rotatable bonds is 4. The number of amides is 2. The highest BCUT2D eigenvalue weighted by molar-refractivity contribution is 6.32. The molecule has 0 saturated carbocycles. The van der Waals surface area contributed by atoms with Crippen LogP contribution >= 0.6 is 11.6 Å². The topological polar surface area (TPSA) is 58.6 Å². The molecule has 1 aromatic carbocycles. The lowest BCUT2D eigenvalue weighted by Gasteiger charge is -2.29. The van der Waals surface area contributed by atoms with Crippen molar-refractivity contribution in [1.82, 2.24) is 10.2 Å². The van der Waals surface area contributed by atoms with E-state index >= 15 is 0 Å². The van der Waals surface area contributed by atoms with E-state index in [1.807, 2.05) is 25.1 Å². The van der Waals surface area contributed by atoms with Gasteiger partial charge in [-0.2, -0.15) is 0 Å². The predicted molar refractivity (Wildman–Crippen MR) is 90.1 cm³/mol. The van der Waals surface area contributed by atoms with Gasteiger partial charge in [-0.25, -0.2) is 0 Å². The average Bonchev–Trinajstić information content (AvgIpc) is 2.55. The van der Waals surface area contributed by atoms with Crippen LogP contribution < -0.4 is 5.32 Å². The molecule has 0 aliphatic carbocycles. The molecule has 1 N–H and O–H groups in total. The van der Waals surface area contributed by atoms with Crippen LogP contribution in [0.1, 0.15) is 19.4 Å². The maximum absolute atomic E-state index is 12.3. The summed E-state index contributed by atoms with van der Waals surface area (Å²) in [6.07, 6.45) is 1.46. The van der Waals surface area contributed by atoms with Gasteiger partial charge >= 0.3 is 0 Å². The van der Waals surface area contributed by atoms with Crippen LogP contribution in [0.25, 0.3) is 5.57 Å². The lowest BCUT2D eigenvalue weighted by Crippen LogP contribution is -2.50. The predicted octanol–water partition coefficient (Wildman–Crippen LogP) is 2.11. The number of nitrogens with zero attached hydrogens (tertiary/aromatic N) is 1. The summed E-state index contributed by atoms with van der Waals surface area (Å²) in [6, 6.07) is 6.75. The zero-order valence-electron chi connectivity index (χ0n) is 13.3. The molecule has 6 heteroatoms. The molecule has 5 nitrogen and oxygen atoms in total. The Morgan fingerprint density at radius 3 is 2.61 bits per heavy atom. The summed E-state index contributed by atoms with van der Waals surface area (Å²) in [6.45, 7) is 5.71. The molecule has 1 heterocycles. The quantitative estimate of drug-likeness (QED) is 0.857. The number of nitrogens with one attached hydrogen (secondary N) is 1. The largest absolute Gasteiger partial charge is 0.378 e. The molecule has 1 aliphatic rings. The van der Waals surface area contributed by atoms with Crippen LogP contribution in [0, 0.1) is 0 Å². The van der Waals surface area contributed by atoms with E-state index in [0.717, 1.165) is 11.1 Å². The van der Waals surface area contributed by atoms with Crippen LogP contribution in [0.4, 0.5) is 0 Å². The van der Waals surface area contributed by atoms with E-state index in [1.54, 1.807) is 17.9 Å². The van der Waals surface area contributed by atoms with Gasteiger partial charge in [-0.05, 0) is 31.1 Å². The molecule has 0 aromatic heterocycles. The number of ether oxygens (including phenoxy) is 1.